The van der Waals surface area contributed by atoms with Gasteiger partial charge in [-0.1, -0.05) is 54.6 Å². The quantitative estimate of drug-likeness (QED) is 0.343. The highest BCUT2D eigenvalue weighted by molar-refractivity contribution is 5.95. The fraction of sp³-hybridized carbons (Fsp3) is 0.179. The molecule has 34 heavy (non-hydrogen) atoms. The Hall–Kier alpha value is -4.19. The molecule has 0 bridgehead atoms. The summed E-state index contributed by atoms with van der Waals surface area (Å²) in [6.07, 6.45) is 4.59. The normalized spacial score (nSPS) is 11.0. The third-order valence-electron chi connectivity index (χ3n) is 6.21. The second-order valence-electron chi connectivity index (χ2n) is 8.48. The molecule has 0 saturated carbocycles. The maximum atomic E-state index is 4.78. The van der Waals surface area contributed by atoms with E-state index >= 15 is 0 Å². The first-order chi connectivity index (χ1) is 16.6. The second-order valence-corrected chi connectivity index (χ2v) is 8.48. The van der Waals surface area contributed by atoms with Crippen molar-refractivity contribution in [3.05, 3.63) is 96.4 Å². The zero-order valence-electron chi connectivity index (χ0n) is 19.7. The maximum Gasteiger partial charge on any atom is 0.224 e. The molecule has 3 aromatic carbocycles. The molecule has 6 heteroatoms. The first-order valence-corrected chi connectivity index (χ1v) is 11.5. The number of imidazole rings is 1. The smallest absolute Gasteiger partial charge is 0.224 e. The van der Waals surface area contributed by atoms with Gasteiger partial charge in [0.15, 0.2) is 0 Å². The molecule has 0 amide bonds. The van der Waals surface area contributed by atoms with Gasteiger partial charge in [0.05, 0.1) is 17.4 Å². The minimum absolute atomic E-state index is 0.628. The van der Waals surface area contributed by atoms with Gasteiger partial charge in [-0.15, -0.1) is 0 Å². The van der Waals surface area contributed by atoms with E-state index in [0.717, 1.165) is 46.6 Å². The van der Waals surface area contributed by atoms with E-state index in [2.05, 4.69) is 92.3 Å². The van der Waals surface area contributed by atoms with Crippen LogP contribution in [-0.4, -0.2) is 33.1 Å². The zero-order valence-corrected chi connectivity index (χ0v) is 19.7. The molecule has 6 nitrogen and oxygen atoms in total. The van der Waals surface area contributed by atoms with Crippen molar-refractivity contribution >= 4 is 28.5 Å². The van der Waals surface area contributed by atoms with Gasteiger partial charge in [-0.05, 0) is 48.2 Å². The van der Waals surface area contributed by atoms with Crippen LogP contribution < -0.4 is 10.2 Å². The average molecular weight is 449 g/mol. The summed E-state index contributed by atoms with van der Waals surface area (Å²) >= 11 is 0. The summed E-state index contributed by atoms with van der Waals surface area (Å²) in [5.74, 6) is 1.46. The Morgan fingerprint density at radius 2 is 1.74 bits per heavy atom. The number of rotatable bonds is 7. The van der Waals surface area contributed by atoms with Crippen LogP contribution >= 0.6 is 0 Å². The number of aryl methyl sites for hydroxylation is 2. The van der Waals surface area contributed by atoms with Crippen LogP contribution in [0.15, 0.2) is 85.3 Å². The summed E-state index contributed by atoms with van der Waals surface area (Å²) in [6.45, 7) is 2.92. The van der Waals surface area contributed by atoms with Crippen LogP contribution in [-0.2, 0) is 13.5 Å². The largest absolute Gasteiger partial charge is 0.354 e. The van der Waals surface area contributed by atoms with Crippen molar-refractivity contribution in [2.75, 3.05) is 23.8 Å². The molecule has 0 atom stereocenters. The number of hydrogen-bond acceptors (Lipinski definition) is 5. The van der Waals surface area contributed by atoms with E-state index in [0.29, 0.717) is 5.95 Å². The number of nitrogens with one attached hydrogen (secondary N) is 1. The molecule has 2 heterocycles. The van der Waals surface area contributed by atoms with E-state index in [9.17, 15) is 0 Å². The lowest BCUT2D eigenvalue weighted by atomic mass is 10.0. The van der Waals surface area contributed by atoms with E-state index < -0.39 is 0 Å². The summed E-state index contributed by atoms with van der Waals surface area (Å²) in [4.78, 5) is 15.9. The fourth-order valence-electron chi connectivity index (χ4n) is 4.20. The van der Waals surface area contributed by atoms with Gasteiger partial charge in [0, 0.05) is 38.1 Å². The monoisotopic (exact) mass is 448 g/mol. The van der Waals surface area contributed by atoms with E-state index in [1.165, 1.54) is 11.1 Å². The first kappa shape index (κ1) is 21.6. The average Bonchev–Trinajstić information content (AvgIpc) is 3.25. The molecule has 0 aliphatic carbocycles. The highest BCUT2D eigenvalue weighted by atomic mass is 15.2. The third-order valence-corrected chi connectivity index (χ3v) is 6.21. The molecule has 0 aliphatic heterocycles. The lowest BCUT2D eigenvalue weighted by Crippen LogP contribution is -2.14. The topological polar surface area (TPSA) is 58.9 Å². The minimum atomic E-state index is 0.628. The molecule has 0 spiro atoms. The fourth-order valence-corrected chi connectivity index (χ4v) is 4.20. The summed E-state index contributed by atoms with van der Waals surface area (Å²) < 4.78 is 2.05. The van der Waals surface area contributed by atoms with Crippen LogP contribution in [0.2, 0.25) is 0 Å². The van der Waals surface area contributed by atoms with Crippen LogP contribution in [0.25, 0.3) is 22.2 Å². The lowest BCUT2D eigenvalue weighted by Gasteiger charge is -2.20. The molecule has 5 aromatic rings. The van der Waals surface area contributed by atoms with Crippen molar-refractivity contribution < 1.29 is 0 Å². The molecular weight excluding hydrogens is 420 g/mol. The van der Waals surface area contributed by atoms with Gasteiger partial charge in [0.25, 0.3) is 0 Å². The maximum absolute atomic E-state index is 4.78. The van der Waals surface area contributed by atoms with Crippen molar-refractivity contribution in [2.45, 2.75) is 13.3 Å². The lowest BCUT2D eigenvalue weighted by molar-refractivity contribution is 0.947. The highest BCUT2D eigenvalue weighted by Crippen LogP contribution is 2.34. The summed E-state index contributed by atoms with van der Waals surface area (Å²) in [5, 5.41) is 3.38. The van der Waals surface area contributed by atoms with Crippen LogP contribution in [0, 0.1) is 6.92 Å². The van der Waals surface area contributed by atoms with Gasteiger partial charge >= 0.3 is 0 Å². The Morgan fingerprint density at radius 3 is 2.56 bits per heavy atom. The molecule has 0 aliphatic rings. The van der Waals surface area contributed by atoms with E-state index in [1.54, 1.807) is 6.20 Å². The van der Waals surface area contributed by atoms with Crippen molar-refractivity contribution in [2.24, 2.45) is 7.05 Å². The van der Waals surface area contributed by atoms with Gasteiger partial charge in [-0.2, -0.15) is 4.98 Å². The van der Waals surface area contributed by atoms with Crippen LogP contribution in [0.1, 0.15) is 11.1 Å². The Morgan fingerprint density at radius 1 is 0.941 bits per heavy atom. The summed E-state index contributed by atoms with van der Waals surface area (Å²) in [5.41, 5.74) is 7.99. The van der Waals surface area contributed by atoms with Crippen LogP contribution in [0.3, 0.4) is 0 Å². The van der Waals surface area contributed by atoms with E-state index in [4.69, 9.17) is 4.98 Å². The minimum Gasteiger partial charge on any atom is -0.354 e. The summed E-state index contributed by atoms with van der Waals surface area (Å²) in [6, 6.07) is 25.1. The Kier molecular flexibility index (Phi) is 5.95. The van der Waals surface area contributed by atoms with Crippen LogP contribution in [0.5, 0.6) is 0 Å². The zero-order chi connectivity index (χ0) is 23.5. The molecule has 2 aromatic heterocycles. The number of aromatic nitrogens is 4. The molecule has 170 valence electrons. The molecule has 5 rings (SSSR count). The number of hydrogen-bond donors (Lipinski definition) is 1. The van der Waals surface area contributed by atoms with Gasteiger partial charge in [0.1, 0.15) is 5.82 Å². The van der Waals surface area contributed by atoms with Crippen molar-refractivity contribution in [3.8, 4) is 11.1 Å². The van der Waals surface area contributed by atoms with E-state index in [1.807, 2.05) is 32.6 Å². The van der Waals surface area contributed by atoms with Gasteiger partial charge in [-0.3, -0.25) is 0 Å². The molecular formula is C28H28N6. The molecule has 0 saturated heterocycles. The Bertz CT molecular complexity index is 1420. The standard InChI is InChI=1S/C28H28N6/c1-20-9-7-8-10-21(20)13-15-29-28-30-16-14-26(32-28)34(3)23-17-24(22-11-5-4-6-12-22)27-25(18-23)33(2)19-31-27/h4-12,14,16-19H,13,15H2,1-3H3,(H,29,30,32). The third kappa shape index (κ3) is 4.35. The van der Waals surface area contributed by atoms with Gasteiger partial charge in [0.2, 0.25) is 5.95 Å². The van der Waals surface area contributed by atoms with E-state index in [-0.39, 0.29) is 0 Å². The van der Waals surface area contributed by atoms with Crippen molar-refractivity contribution in [1.29, 1.82) is 0 Å². The highest BCUT2D eigenvalue weighted by Gasteiger charge is 2.14. The number of fused-ring (bicyclic) bond motifs is 1. The Balaban J connectivity index is 1.41. The number of anilines is 3. The predicted molar refractivity (Wildman–Crippen MR) is 140 cm³/mol. The number of nitrogens with zero attached hydrogens (tertiary/aromatic N) is 5. The van der Waals surface area contributed by atoms with Crippen molar-refractivity contribution in [1.82, 2.24) is 19.5 Å². The molecule has 0 fully saturated rings. The SMILES string of the molecule is Cc1ccccc1CCNc1nccc(N(C)c2cc(-c3ccccc3)c3ncn(C)c3c2)n1. The van der Waals surface area contributed by atoms with Crippen LogP contribution in [0.4, 0.5) is 17.5 Å². The molecule has 0 radical (unpaired) electrons. The van der Waals surface area contributed by atoms with Crippen molar-refractivity contribution in [3.63, 3.8) is 0 Å². The predicted octanol–water partition coefficient (Wildman–Crippen LogP) is 5.76. The van der Waals surface area contributed by atoms with Gasteiger partial charge < -0.3 is 14.8 Å². The Labute approximate surface area is 199 Å². The first-order valence-electron chi connectivity index (χ1n) is 11.5. The summed E-state index contributed by atoms with van der Waals surface area (Å²) in [7, 11) is 4.06. The molecule has 0 unspecified atom stereocenters. The molecule has 1 N–H and O–H groups in total. The number of benzene rings is 3. The van der Waals surface area contributed by atoms with Gasteiger partial charge in [-0.25, -0.2) is 9.97 Å². The second kappa shape index (κ2) is 9.35.